The topological polar surface area (TPSA) is 80.0 Å². The number of rotatable bonds is 8. The first-order valence-electron chi connectivity index (χ1n) is 9.29. The molecule has 0 saturated heterocycles. The van der Waals surface area contributed by atoms with Crippen molar-refractivity contribution in [2.45, 2.75) is 32.0 Å². The van der Waals surface area contributed by atoms with Crippen molar-refractivity contribution in [1.29, 1.82) is 0 Å². The highest BCUT2D eigenvalue weighted by atomic mass is 35.5. The summed E-state index contributed by atoms with van der Waals surface area (Å²) in [7, 11) is 0. The Bertz CT molecular complexity index is 976. The molecule has 3 rings (SSSR count). The van der Waals surface area contributed by atoms with E-state index < -0.39 is 0 Å². The molecular formula is C21H23ClN4O2S. The maximum atomic E-state index is 12.3. The number of halogens is 1. The molecule has 6 nitrogen and oxygen atoms in total. The average Bonchev–Trinajstić information content (AvgIpc) is 3.04. The summed E-state index contributed by atoms with van der Waals surface area (Å²) >= 11 is 7.24. The van der Waals surface area contributed by atoms with Gasteiger partial charge in [-0.3, -0.25) is 4.79 Å². The van der Waals surface area contributed by atoms with Crippen molar-refractivity contribution in [2.75, 3.05) is 11.1 Å². The van der Waals surface area contributed by atoms with E-state index in [1.165, 1.54) is 23.9 Å². The summed E-state index contributed by atoms with van der Waals surface area (Å²) in [4.78, 5) is 12.3. The minimum Gasteiger partial charge on any atom is -0.506 e. The number of nitrogens with zero attached hydrogens (tertiary/aromatic N) is 3. The SMILES string of the molecule is CC(C)Cn1c(Cc2ccccc2)nnc1SCC(=O)Nc1cc(Cl)ccc1O. The molecule has 2 N–H and O–H groups in total. The third-order valence-corrected chi connectivity index (χ3v) is 5.31. The van der Waals surface area contributed by atoms with E-state index in [4.69, 9.17) is 11.6 Å². The summed E-state index contributed by atoms with van der Waals surface area (Å²) in [5.41, 5.74) is 1.45. The van der Waals surface area contributed by atoms with Gasteiger partial charge in [0.15, 0.2) is 5.16 Å². The lowest BCUT2D eigenvalue weighted by molar-refractivity contribution is -0.113. The lowest BCUT2D eigenvalue weighted by Gasteiger charge is -2.13. The summed E-state index contributed by atoms with van der Waals surface area (Å²) in [5, 5.41) is 22.3. The van der Waals surface area contributed by atoms with Crippen LogP contribution in [0.2, 0.25) is 5.02 Å². The van der Waals surface area contributed by atoms with Crippen molar-refractivity contribution in [3.63, 3.8) is 0 Å². The fraction of sp³-hybridized carbons (Fsp3) is 0.286. The molecule has 0 radical (unpaired) electrons. The van der Waals surface area contributed by atoms with Crippen LogP contribution < -0.4 is 5.32 Å². The highest BCUT2D eigenvalue weighted by molar-refractivity contribution is 7.99. The van der Waals surface area contributed by atoms with Gasteiger partial charge in [0.05, 0.1) is 11.4 Å². The molecule has 0 fully saturated rings. The van der Waals surface area contributed by atoms with Crippen LogP contribution >= 0.6 is 23.4 Å². The van der Waals surface area contributed by atoms with E-state index in [-0.39, 0.29) is 23.1 Å². The van der Waals surface area contributed by atoms with E-state index in [9.17, 15) is 9.90 Å². The number of carbonyl (C=O) groups is 1. The van der Waals surface area contributed by atoms with Gasteiger partial charge in [-0.1, -0.05) is 67.5 Å². The van der Waals surface area contributed by atoms with Crippen LogP contribution in [0.25, 0.3) is 0 Å². The van der Waals surface area contributed by atoms with E-state index in [1.807, 2.05) is 18.2 Å². The van der Waals surface area contributed by atoms with Crippen molar-refractivity contribution in [3.8, 4) is 5.75 Å². The van der Waals surface area contributed by atoms with Crippen LogP contribution in [-0.2, 0) is 17.8 Å². The van der Waals surface area contributed by atoms with Gasteiger partial charge in [0.1, 0.15) is 11.6 Å². The second-order valence-corrected chi connectivity index (χ2v) is 8.44. The molecule has 0 atom stereocenters. The average molecular weight is 431 g/mol. The normalized spacial score (nSPS) is 11.0. The Morgan fingerprint density at radius 2 is 1.97 bits per heavy atom. The summed E-state index contributed by atoms with van der Waals surface area (Å²) in [6, 6.07) is 14.6. The van der Waals surface area contributed by atoms with Crippen molar-refractivity contribution >= 4 is 35.0 Å². The van der Waals surface area contributed by atoms with Crippen molar-refractivity contribution in [3.05, 3.63) is 64.9 Å². The smallest absolute Gasteiger partial charge is 0.234 e. The van der Waals surface area contributed by atoms with Gasteiger partial charge in [-0.15, -0.1) is 10.2 Å². The Hall–Kier alpha value is -2.51. The first kappa shape index (κ1) is 21.2. The molecule has 3 aromatic rings. The van der Waals surface area contributed by atoms with Crippen LogP contribution in [-0.4, -0.2) is 31.5 Å². The monoisotopic (exact) mass is 430 g/mol. The molecule has 8 heteroatoms. The van der Waals surface area contributed by atoms with Gasteiger partial charge in [0.2, 0.25) is 5.91 Å². The molecule has 29 heavy (non-hydrogen) atoms. The van der Waals surface area contributed by atoms with E-state index >= 15 is 0 Å². The minimum atomic E-state index is -0.253. The molecule has 1 amide bonds. The molecule has 0 aliphatic carbocycles. The third kappa shape index (κ3) is 5.98. The second-order valence-electron chi connectivity index (χ2n) is 7.06. The van der Waals surface area contributed by atoms with E-state index in [1.54, 1.807) is 6.07 Å². The quantitative estimate of drug-likeness (QED) is 0.402. The van der Waals surface area contributed by atoms with Gasteiger partial charge in [0, 0.05) is 18.0 Å². The zero-order valence-corrected chi connectivity index (χ0v) is 17.9. The van der Waals surface area contributed by atoms with Crippen LogP contribution in [0.3, 0.4) is 0 Å². The number of phenolic OH excluding ortho intramolecular Hbond substituents is 1. The number of amides is 1. The number of phenols is 1. The Balaban J connectivity index is 1.69. The summed E-state index contributed by atoms with van der Waals surface area (Å²) in [6.45, 7) is 5.04. The number of hydrogen-bond donors (Lipinski definition) is 2. The number of carbonyl (C=O) groups excluding carboxylic acids is 1. The highest BCUT2D eigenvalue weighted by Gasteiger charge is 2.16. The van der Waals surface area contributed by atoms with Crippen molar-refractivity contribution < 1.29 is 9.90 Å². The fourth-order valence-corrected chi connectivity index (χ4v) is 3.75. The van der Waals surface area contributed by atoms with Crippen LogP contribution in [0, 0.1) is 5.92 Å². The first-order valence-corrected chi connectivity index (χ1v) is 10.7. The standard InChI is InChI=1S/C21H23ClN4O2S/c1-14(2)12-26-19(10-15-6-4-3-5-7-15)24-25-21(26)29-13-20(28)23-17-11-16(22)8-9-18(17)27/h3-9,11,14,27H,10,12-13H2,1-2H3,(H,23,28). The van der Waals surface area contributed by atoms with Gasteiger partial charge >= 0.3 is 0 Å². The Kier molecular flexibility index (Phi) is 7.17. The number of thioether (sulfide) groups is 1. The Morgan fingerprint density at radius 1 is 1.21 bits per heavy atom. The van der Waals surface area contributed by atoms with Gasteiger partial charge in [-0.05, 0) is 29.7 Å². The summed E-state index contributed by atoms with van der Waals surface area (Å²) < 4.78 is 2.08. The van der Waals surface area contributed by atoms with Crippen LogP contribution in [0.5, 0.6) is 5.75 Å². The minimum absolute atomic E-state index is 0.0270. The molecule has 1 heterocycles. The molecule has 0 spiro atoms. The van der Waals surface area contributed by atoms with Crippen molar-refractivity contribution in [1.82, 2.24) is 14.8 Å². The predicted octanol–water partition coefficient (Wildman–Crippen LogP) is 4.61. The number of aromatic nitrogens is 3. The summed E-state index contributed by atoms with van der Waals surface area (Å²) in [6.07, 6.45) is 0.684. The number of benzene rings is 2. The van der Waals surface area contributed by atoms with E-state index in [2.05, 4.69) is 46.1 Å². The van der Waals surface area contributed by atoms with E-state index in [0.29, 0.717) is 22.5 Å². The van der Waals surface area contributed by atoms with Gasteiger partial charge in [-0.25, -0.2) is 0 Å². The van der Waals surface area contributed by atoms with Crippen molar-refractivity contribution in [2.24, 2.45) is 5.92 Å². The fourth-order valence-electron chi connectivity index (χ4n) is 2.81. The van der Waals surface area contributed by atoms with Crippen LogP contribution in [0.4, 0.5) is 5.69 Å². The number of aromatic hydroxyl groups is 1. The second kappa shape index (κ2) is 9.80. The molecule has 2 aromatic carbocycles. The maximum Gasteiger partial charge on any atom is 0.234 e. The molecule has 0 bridgehead atoms. The Morgan fingerprint density at radius 3 is 2.69 bits per heavy atom. The van der Waals surface area contributed by atoms with Gasteiger partial charge in [-0.2, -0.15) is 0 Å². The lowest BCUT2D eigenvalue weighted by Crippen LogP contribution is -2.15. The number of hydrogen-bond acceptors (Lipinski definition) is 5. The van der Waals surface area contributed by atoms with Gasteiger partial charge in [0.25, 0.3) is 0 Å². The van der Waals surface area contributed by atoms with Gasteiger partial charge < -0.3 is 15.0 Å². The zero-order valence-electron chi connectivity index (χ0n) is 16.3. The van der Waals surface area contributed by atoms with Crippen LogP contribution in [0.15, 0.2) is 53.7 Å². The molecule has 0 saturated carbocycles. The zero-order chi connectivity index (χ0) is 20.8. The molecule has 1 aromatic heterocycles. The molecular weight excluding hydrogens is 408 g/mol. The molecule has 0 aliphatic rings. The first-order chi connectivity index (χ1) is 13.9. The molecule has 0 aliphatic heterocycles. The largest absolute Gasteiger partial charge is 0.506 e. The number of nitrogens with one attached hydrogen (secondary N) is 1. The van der Waals surface area contributed by atoms with Crippen LogP contribution in [0.1, 0.15) is 25.2 Å². The third-order valence-electron chi connectivity index (χ3n) is 4.11. The molecule has 152 valence electrons. The Labute approximate surface area is 179 Å². The number of anilines is 1. The summed E-state index contributed by atoms with van der Waals surface area (Å²) in [5.74, 6) is 1.16. The maximum absolute atomic E-state index is 12.3. The molecule has 0 unspecified atom stereocenters. The van der Waals surface area contributed by atoms with E-state index in [0.717, 1.165) is 17.9 Å². The lowest BCUT2D eigenvalue weighted by atomic mass is 10.1. The highest BCUT2D eigenvalue weighted by Crippen LogP contribution is 2.27. The predicted molar refractivity (Wildman–Crippen MR) is 117 cm³/mol.